The van der Waals surface area contributed by atoms with Gasteiger partial charge in [0, 0.05) is 21.9 Å². The highest BCUT2D eigenvalue weighted by Gasteiger charge is 2.33. The Bertz CT molecular complexity index is 1530. The number of carbonyl (C=O) groups excluding carboxylic acids is 1. The predicted molar refractivity (Wildman–Crippen MR) is 181 cm³/mol. The Morgan fingerprint density at radius 2 is 1.70 bits per heavy atom. The smallest absolute Gasteiger partial charge is 0.408 e. The highest BCUT2D eigenvalue weighted by molar-refractivity contribution is 7.99. The van der Waals surface area contributed by atoms with Gasteiger partial charge in [-0.1, -0.05) is 59.8 Å². The van der Waals surface area contributed by atoms with Crippen molar-refractivity contribution in [2.75, 3.05) is 27.1 Å². The van der Waals surface area contributed by atoms with Crippen LogP contribution < -0.4 is 10.1 Å². The fourth-order valence-corrected chi connectivity index (χ4v) is 6.24. The molecule has 0 aliphatic heterocycles. The van der Waals surface area contributed by atoms with Crippen molar-refractivity contribution in [1.29, 1.82) is 0 Å². The molecule has 0 radical (unpaired) electrons. The lowest BCUT2D eigenvalue weighted by Gasteiger charge is -2.33. The van der Waals surface area contributed by atoms with Gasteiger partial charge in [0.15, 0.2) is 0 Å². The van der Waals surface area contributed by atoms with Gasteiger partial charge in [0.25, 0.3) is 10.1 Å². The Morgan fingerprint density at radius 1 is 1.00 bits per heavy atom. The van der Waals surface area contributed by atoms with Crippen molar-refractivity contribution in [1.82, 2.24) is 5.32 Å². The van der Waals surface area contributed by atoms with Crippen LogP contribution >= 0.6 is 23.4 Å². The van der Waals surface area contributed by atoms with Crippen LogP contribution in [0.4, 0.5) is 4.79 Å². The first-order chi connectivity index (χ1) is 21.8. The average molecular weight is 692 g/mol. The van der Waals surface area contributed by atoms with Gasteiger partial charge < -0.3 is 24.3 Å². The van der Waals surface area contributed by atoms with Gasteiger partial charge in [0.1, 0.15) is 24.8 Å². The largest absolute Gasteiger partial charge is 0.489 e. The fourth-order valence-electron chi connectivity index (χ4n) is 4.21. The molecule has 0 heterocycles. The summed E-state index contributed by atoms with van der Waals surface area (Å²) in [4.78, 5) is 14.9. The molecular formula is C34H42ClNO8S2. The van der Waals surface area contributed by atoms with Crippen molar-refractivity contribution in [3.05, 3.63) is 100 Å². The van der Waals surface area contributed by atoms with Gasteiger partial charge in [-0.25, -0.2) is 4.79 Å². The van der Waals surface area contributed by atoms with E-state index >= 15 is 0 Å². The Labute approximate surface area is 281 Å². The summed E-state index contributed by atoms with van der Waals surface area (Å²) >= 11 is 8.29. The third-order valence-corrected chi connectivity index (χ3v) is 8.70. The quantitative estimate of drug-likeness (QED) is 0.0863. The fraction of sp³-hybridized carbons (Fsp3) is 0.382. The zero-order valence-corrected chi connectivity index (χ0v) is 29.2. The first-order valence-electron chi connectivity index (χ1n) is 14.7. The summed E-state index contributed by atoms with van der Waals surface area (Å²) in [6, 6.07) is 23.6. The van der Waals surface area contributed by atoms with Crippen LogP contribution in [0.5, 0.6) is 5.75 Å². The summed E-state index contributed by atoms with van der Waals surface area (Å²) in [6.07, 6.45) is 1.22. The van der Waals surface area contributed by atoms with Crippen LogP contribution in [0.15, 0.2) is 94.1 Å². The zero-order valence-electron chi connectivity index (χ0n) is 26.8. The number of rotatable bonds is 17. The predicted octanol–water partition coefficient (Wildman–Crippen LogP) is 7.77. The first-order valence-corrected chi connectivity index (χ1v) is 17.4. The van der Waals surface area contributed by atoms with E-state index in [0.717, 1.165) is 32.1 Å². The molecule has 3 aromatic carbocycles. The second-order valence-corrected chi connectivity index (χ2v) is 14.4. The van der Waals surface area contributed by atoms with Gasteiger partial charge >= 0.3 is 6.09 Å². The summed E-state index contributed by atoms with van der Waals surface area (Å²) in [5.74, 6) is 0.780. The van der Waals surface area contributed by atoms with E-state index in [4.69, 9.17) is 34.7 Å². The lowest BCUT2D eigenvalue weighted by molar-refractivity contribution is -0.0490. The van der Waals surface area contributed by atoms with Crippen LogP contribution in [0.2, 0.25) is 5.02 Å². The molecule has 12 heteroatoms. The number of carbonyl (C=O) groups is 1. The lowest BCUT2D eigenvalue weighted by Crippen LogP contribution is -2.52. The molecule has 0 aliphatic rings. The number of ether oxygens (including phenoxy) is 4. The topological polar surface area (TPSA) is 109 Å². The van der Waals surface area contributed by atoms with Crippen LogP contribution in [0.3, 0.4) is 0 Å². The second kappa shape index (κ2) is 17.7. The number of alkyl carbamates (subject to hydrolysis) is 1. The lowest BCUT2D eigenvalue weighted by atomic mass is 9.92. The summed E-state index contributed by atoms with van der Waals surface area (Å²) in [5, 5.41) is 4.26. The Balaban J connectivity index is 1.75. The standard InChI is InChI=1S/C34H42ClNO8S2/c1-6-43-46(38,39)21-20-34(24-41-25-40-5,36-32(37)44-33(2,3)4)19-18-27-12-15-30(22-31(27)35)45-29-16-13-28(14-17-29)42-23-26-10-8-7-9-11-26/h7-17,20-22H,6,18-19,23-25H2,1-5H3,(H,36,37). The molecule has 0 saturated heterocycles. The van der Waals surface area contributed by atoms with E-state index in [1.54, 1.807) is 39.5 Å². The van der Waals surface area contributed by atoms with Crippen LogP contribution in [0, 0.1) is 0 Å². The third kappa shape index (κ3) is 13.4. The maximum atomic E-state index is 12.9. The van der Waals surface area contributed by atoms with Crippen LogP contribution in [-0.4, -0.2) is 52.8 Å². The number of nitrogens with one attached hydrogen (secondary N) is 1. The van der Waals surface area contributed by atoms with Gasteiger partial charge in [-0.3, -0.25) is 4.18 Å². The molecule has 9 nitrogen and oxygen atoms in total. The molecule has 1 amide bonds. The van der Waals surface area contributed by atoms with Crippen LogP contribution in [0.1, 0.15) is 45.2 Å². The molecule has 0 saturated carbocycles. The number of benzene rings is 3. The zero-order chi connectivity index (χ0) is 33.6. The van der Waals surface area contributed by atoms with Gasteiger partial charge in [-0.15, -0.1) is 0 Å². The van der Waals surface area contributed by atoms with Gasteiger partial charge in [0.2, 0.25) is 0 Å². The van der Waals surface area contributed by atoms with Crippen molar-refractivity contribution in [2.45, 2.75) is 68.1 Å². The highest BCUT2D eigenvalue weighted by atomic mass is 35.5. The van der Waals surface area contributed by atoms with Crippen molar-refractivity contribution < 1.29 is 36.3 Å². The first kappa shape index (κ1) is 37.4. The molecule has 0 aromatic heterocycles. The monoisotopic (exact) mass is 691 g/mol. The molecule has 46 heavy (non-hydrogen) atoms. The Kier molecular flexibility index (Phi) is 14.4. The van der Waals surface area contributed by atoms with Crippen LogP contribution in [-0.2, 0) is 41.5 Å². The minimum absolute atomic E-state index is 0.0362. The number of halogens is 1. The third-order valence-electron chi connectivity index (χ3n) is 6.32. The summed E-state index contributed by atoms with van der Waals surface area (Å²) in [5.41, 5.74) is -0.176. The van der Waals surface area contributed by atoms with Crippen molar-refractivity contribution >= 4 is 39.6 Å². The molecule has 3 aromatic rings. The van der Waals surface area contributed by atoms with Gasteiger partial charge in [0.05, 0.1) is 24.2 Å². The molecule has 3 rings (SSSR count). The number of hydrogen-bond donors (Lipinski definition) is 1. The van der Waals surface area contributed by atoms with E-state index in [1.807, 2.05) is 72.8 Å². The number of amides is 1. The van der Waals surface area contributed by atoms with E-state index in [0.29, 0.717) is 18.1 Å². The van der Waals surface area contributed by atoms with Crippen molar-refractivity contribution in [2.24, 2.45) is 0 Å². The van der Waals surface area contributed by atoms with Gasteiger partial charge in [-0.05, 0) is 94.1 Å². The molecule has 1 unspecified atom stereocenters. The Morgan fingerprint density at radius 3 is 2.33 bits per heavy atom. The second-order valence-electron chi connectivity index (χ2n) is 11.3. The van der Waals surface area contributed by atoms with Crippen molar-refractivity contribution in [3.63, 3.8) is 0 Å². The van der Waals surface area contributed by atoms with Crippen molar-refractivity contribution in [3.8, 4) is 5.75 Å². The molecule has 1 N–H and O–H groups in total. The summed E-state index contributed by atoms with van der Waals surface area (Å²) < 4.78 is 51.7. The summed E-state index contributed by atoms with van der Waals surface area (Å²) in [6.45, 7) is 7.06. The van der Waals surface area contributed by atoms with E-state index in [9.17, 15) is 13.2 Å². The SMILES string of the molecule is CCOS(=O)(=O)C=CC(CCc1ccc(Sc2ccc(OCc3ccccc3)cc2)cc1Cl)(COCOC)NC(=O)OC(C)(C)C. The normalized spacial score (nSPS) is 13.3. The Hall–Kier alpha value is -3.06. The number of methoxy groups -OCH3 is 1. The molecule has 0 spiro atoms. The molecule has 0 aliphatic carbocycles. The average Bonchev–Trinajstić information content (AvgIpc) is 2.99. The minimum atomic E-state index is -4.01. The van der Waals surface area contributed by atoms with Gasteiger partial charge in [-0.2, -0.15) is 8.42 Å². The minimum Gasteiger partial charge on any atom is -0.489 e. The highest BCUT2D eigenvalue weighted by Crippen LogP contribution is 2.33. The summed E-state index contributed by atoms with van der Waals surface area (Å²) in [7, 11) is -2.54. The molecular weight excluding hydrogens is 650 g/mol. The van der Waals surface area contributed by atoms with E-state index in [-0.39, 0.29) is 26.4 Å². The molecule has 250 valence electrons. The van der Waals surface area contributed by atoms with E-state index < -0.39 is 27.4 Å². The molecule has 0 fully saturated rings. The number of hydrogen-bond acceptors (Lipinski definition) is 9. The van der Waals surface area contributed by atoms with Crippen LogP contribution in [0.25, 0.3) is 0 Å². The molecule has 0 bridgehead atoms. The molecule has 1 atom stereocenters. The van der Waals surface area contributed by atoms with E-state index in [2.05, 4.69) is 5.32 Å². The number of aryl methyl sites for hydroxylation is 1. The van der Waals surface area contributed by atoms with E-state index in [1.165, 1.54) is 13.2 Å². The maximum absolute atomic E-state index is 12.9. The maximum Gasteiger partial charge on any atom is 0.408 e.